The van der Waals surface area contributed by atoms with Crippen LogP contribution < -0.4 is 5.32 Å². The average molecular weight is 415 g/mol. The van der Waals surface area contributed by atoms with Crippen LogP contribution in [0.2, 0.25) is 0 Å². The molecule has 2 N–H and O–H groups in total. The molecule has 0 spiro atoms. The Labute approximate surface area is 177 Å². The smallest absolute Gasteiger partial charge is 0.352 e. The summed E-state index contributed by atoms with van der Waals surface area (Å²) in [6.07, 6.45) is 4.79. The maximum absolute atomic E-state index is 13.3. The number of furan rings is 1. The minimum absolute atomic E-state index is 0.104. The second kappa shape index (κ2) is 9.04. The zero-order valence-corrected chi connectivity index (χ0v) is 16.3. The fourth-order valence-corrected chi connectivity index (χ4v) is 3.00. The summed E-state index contributed by atoms with van der Waals surface area (Å²) in [5.41, 5.74) is 2.71. The Bertz CT molecular complexity index is 1200. The van der Waals surface area contributed by atoms with Crippen molar-refractivity contribution in [1.29, 1.82) is 0 Å². The first-order valence-corrected chi connectivity index (χ1v) is 9.50. The lowest BCUT2D eigenvalue weighted by molar-refractivity contribution is -0.132. The summed E-state index contributed by atoms with van der Waals surface area (Å²) >= 11 is 0. The van der Waals surface area contributed by atoms with E-state index in [1.54, 1.807) is 24.3 Å². The number of anilines is 1. The molecule has 0 saturated carbocycles. The molecule has 2 heterocycles. The topological polar surface area (TPSA) is 88.2 Å². The van der Waals surface area contributed by atoms with Gasteiger partial charge in [0, 0.05) is 18.1 Å². The van der Waals surface area contributed by atoms with Crippen LogP contribution in [0.3, 0.4) is 0 Å². The number of hydrogen-bond donors (Lipinski definition) is 2. The Hall–Kier alpha value is -4.26. The molecule has 4 aromatic rings. The minimum atomic E-state index is -1.16. The van der Waals surface area contributed by atoms with Crippen LogP contribution in [-0.2, 0) is 11.2 Å². The van der Waals surface area contributed by atoms with Crippen molar-refractivity contribution in [3.63, 3.8) is 0 Å². The molecular weight excluding hydrogens is 397 g/mol. The third-order valence-corrected chi connectivity index (χ3v) is 4.51. The second-order valence-corrected chi connectivity index (χ2v) is 6.72. The molecule has 0 aliphatic carbocycles. The third kappa shape index (κ3) is 5.02. The normalized spacial score (nSPS) is 11.3. The number of carboxylic acids is 1. The van der Waals surface area contributed by atoms with Gasteiger partial charge >= 0.3 is 5.97 Å². The molecule has 2 aromatic carbocycles. The van der Waals surface area contributed by atoms with Crippen LogP contribution >= 0.6 is 0 Å². The van der Waals surface area contributed by atoms with Crippen molar-refractivity contribution < 1.29 is 18.7 Å². The lowest BCUT2D eigenvalue weighted by Crippen LogP contribution is -2.14. The van der Waals surface area contributed by atoms with Gasteiger partial charge in [-0.1, -0.05) is 30.3 Å². The fraction of sp³-hybridized carbons (Fsp3) is 0.0417. The molecule has 2 aromatic heterocycles. The summed E-state index contributed by atoms with van der Waals surface area (Å²) in [7, 11) is 0. The Morgan fingerprint density at radius 1 is 1.06 bits per heavy atom. The van der Waals surface area contributed by atoms with Gasteiger partial charge in [0.2, 0.25) is 0 Å². The first kappa shape index (κ1) is 20.0. The number of benzene rings is 2. The van der Waals surface area contributed by atoms with Crippen LogP contribution in [0.1, 0.15) is 17.0 Å². The van der Waals surface area contributed by atoms with Crippen molar-refractivity contribution in [3.05, 3.63) is 108 Å². The summed E-state index contributed by atoms with van der Waals surface area (Å²) in [6, 6.07) is 18.9. The molecule has 0 saturated heterocycles. The highest BCUT2D eigenvalue weighted by Gasteiger charge is 2.15. The first-order chi connectivity index (χ1) is 15.1. The van der Waals surface area contributed by atoms with Crippen molar-refractivity contribution in [2.45, 2.75) is 6.42 Å². The van der Waals surface area contributed by atoms with Gasteiger partial charge in [0.25, 0.3) is 0 Å². The maximum atomic E-state index is 13.3. The zero-order valence-electron chi connectivity index (χ0n) is 16.3. The highest BCUT2D eigenvalue weighted by Crippen LogP contribution is 2.23. The van der Waals surface area contributed by atoms with Crippen LogP contribution in [0.25, 0.3) is 17.3 Å². The summed E-state index contributed by atoms with van der Waals surface area (Å²) in [6.45, 7) is 0. The lowest BCUT2D eigenvalue weighted by atomic mass is 10.1. The third-order valence-electron chi connectivity index (χ3n) is 4.51. The van der Waals surface area contributed by atoms with E-state index in [4.69, 9.17) is 4.42 Å². The molecule has 4 rings (SSSR count). The summed E-state index contributed by atoms with van der Waals surface area (Å²) in [5, 5.41) is 12.5. The summed E-state index contributed by atoms with van der Waals surface area (Å²) in [5.74, 6) is -0.791. The molecule has 0 amide bonds. The van der Waals surface area contributed by atoms with Gasteiger partial charge in [-0.25, -0.2) is 19.2 Å². The Morgan fingerprint density at radius 3 is 2.52 bits per heavy atom. The van der Waals surface area contributed by atoms with E-state index < -0.39 is 5.97 Å². The fourth-order valence-electron chi connectivity index (χ4n) is 3.00. The number of nitrogens with one attached hydrogen (secondary N) is 1. The Kier molecular flexibility index (Phi) is 5.84. The molecule has 0 unspecified atom stereocenters. The van der Waals surface area contributed by atoms with Crippen molar-refractivity contribution in [2.75, 3.05) is 5.32 Å². The number of aliphatic carboxylic acids is 1. The van der Waals surface area contributed by atoms with Crippen molar-refractivity contribution in [3.8, 4) is 11.3 Å². The number of carbonyl (C=O) groups is 1. The van der Waals surface area contributed by atoms with Gasteiger partial charge in [-0.05, 0) is 42.0 Å². The van der Waals surface area contributed by atoms with E-state index in [1.165, 1.54) is 30.7 Å². The standard InChI is InChI=1S/C24H18FN3O3/c25-18-10-8-17(9-11-18)22-15-26-23(20(27-22)13-16-5-2-1-3-6-16)28-21(24(29)30)14-19-7-4-12-31-19/h1-12,14-15H,13H2,(H,26,28)(H,29,30). The largest absolute Gasteiger partial charge is 0.477 e. The molecule has 0 atom stereocenters. The van der Waals surface area contributed by atoms with Gasteiger partial charge in [-0.3, -0.25) is 0 Å². The van der Waals surface area contributed by atoms with E-state index in [2.05, 4.69) is 15.3 Å². The van der Waals surface area contributed by atoms with Gasteiger partial charge in [-0.15, -0.1) is 0 Å². The van der Waals surface area contributed by atoms with Crippen molar-refractivity contribution >= 4 is 17.9 Å². The predicted octanol–water partition coefficient (Wildman–Crippen LogP) is 5.00. The molecule has 0 bridgehead atoms. The summed E-state index contributed by atoms with van der Waals surface area (Å²) < 4.78 is 18.5. The predicted molar refractivity (Wildman–Crippen MR) is 115 cm³/mol. The van der Waals surface area contributed by atoms with Gasteiger partial charge < -0.3 is 14.8 Å². The van der Waals surface area contributed by atoms with Crippen molar-refractivity contribution in [2.24, 2.45) is 0 Å². The number of halogens is 1. The molecule has 7 heteroatoms. The van der Waals surface area contributed by atoms with Gasteiger partial charge in [-0.2, -0.15) is 0 Å². The highest BCUT2D eigenvalue weighted by atomic mass is 19.1. The van der Waals surface area contributed by atoms with E-state index in [9.17, 15) is 14.3 Å². The molecule has 0 radical (unpaired) electrons. The van der Waals surface area contributed by atoms with E-state index in [0.29, 0.717) is 35.0 Å². The van der Waals surface area contributed by atoms with Crippen LogP contribution in [0.15, 0.2) is 89.3 Å². The maximum Gasteiger partial charge on any atom is 0.352 e. The molecule has 0 aliphatic rings. The zero-order chi connectivity index (χ0) is 21.6. The van der Waals surface area contributed by atoms with Crippen molar-refractivity contribution in [1.82, 2.24) is 9.97 Å². The number of carboxylic acid groups (broad SMARTS) is 1. The SMILES string of the molecule is O=C(O)C(=Cc1ccco1)Nc1ncc(-c2ccc(F)cc2)nc1Cc1ccccc1. The Balaban J connectivity index is 1.73. The quantitative estimate of drug-likeness (QED) is 0.413. The van der Waals surface area contributed by atoms with E-state index in [-0.39, 0.29) is 11.5 Å². The lowest BCUT2D eigenvalue weighted by Gasteiger charge is -2.13. The number of nitrogens with zero attached hydrogens (tertiary/aromatic N) is 2. The highest BCUT2D eigenvalue weighted by molar-refractivity contribution is 5.95. The molecule has 31 heavy (non-hydrogen) atoms. The molecule has 0 aliphatic heterocycles. The second-order valence-electron chi connectivity index (χ2n) is 6.72. The Morgan fingerprint density at radius 2 is 1.84 bits per heavy atom. The average Bonchev–Trinajstić information content (AvgIpc) is 3.29. The monoisotopic (exact) mass is 415 g/mol. The molecule has 154 valence electrons. The molecule has 6 nitrogen and oxygen atoms in total. The van der Waals surface area contributed by atoms with Crippen LogP contribution in [-0.4, -0.2) is 21.0 Å². The number of rotatable bonds is 7. The van der Waals surface area contributed by atoms with Gasteiger partial charge in [0.05, 0.1) is 23.8 Å². The minimum Gasteiger partial charge on any atom is -0.477 e. The first-order valence-electron chi connectivity index (χ1n) is 9.50. The van der Waals surface area contributed by atoms with Gasteiger partial charge in [0.15, 0.2) is 5.82 Å². The van der Waals surface area contributed by atoms with Crippen LogP contribution in [0.5, 0.6) is 0 Å². The van der Waals surface area contributed by atoms with Crippen LogP contribution in [0.4, 0.5) is 10.2 Å². The number of aromatic nitrogens is 2. The van der Waals surface area contributed by atoms with Gasteiger partial charge in [0.1, 0.15) is 17.3 Å². The van der Waals surface area contributed by atoms with E-state index in [0.717, 1.165) is 5.56 Å². The van der Waals surface area contributed by atoms with E-state index in [1.807, 2.05) is 30.3 Å². The molecular formula is C24H18FN3O3. The molecule has 0 fully saturated rings. The van der Waals surface area contributed by atoms with Crippen LogP contribution in [0, 0.1) is 5.82 Å². The number of hydrogen-bond acceptors (Lipinski definition) is 5. The summed E-state index contributed by atoms with van der Waals surface area (Å²) in [4.78, 5) is 20.9. The van der Waals surface area contributed by atoms with E-state index >= 15 is 0 Å².